The van der Waals surface area contributed by atoms with Gasteiger partial charge in [-0.25, -0.2) is 0 Å². The van der Waals surface area contributed by atoms with Gasteiger partial charge in [-0.05, 0) is 38.1 Å². The highest BCUT2D eigenvalue weighted by molar-refractivity contribution is 4.84. The summed E-state index contributed by atoms with van der Waals surface area (Å²) in [5, 5.41) is 3.71. The maximum atomic E-state index is 5.68. The van der Waals surface area contributed by atoms with Crippen molar-refractivity contribution in [1.29, 1.82) is 0 Å². The van der Waals surface area contributed by atoms with E-state index in [4.69, 9.17) is 4.74 Å². The van der Waals surface area contributed by atoms with E-state index < -0.39 is 0 Å². The minimum Gasteiger partial charge on any atom is -0.380 e. The fourth-order valence-corrected chi connectivity index (χ4v) is 3.18. The molecular formula is C15H31NO. The Morgan fingerprint density at radius 3 is 2.59 bits per heavy atom. The van der Waals surface area contributed by atoms with Gasteiger partial charge in [-0.15, -0.1) is 0 Å². The topological polar surface area (TPSA) is 21.3 Å². The van der Waals surface area contributed by atoms with E-state index in [-0.39, 0.29) is 0 Å². The minimum absolute atomic E-state index is 0.583. The Morgan fingerprint density at radius 1 is 1.18 bits per heavy atom. The lowest BCUT2D eigenvalue weighted by Crippen LogP contribution is -2.44. The Balaban J connectivity index is 2.51. The number of rotatable bonds is 8. The SMILES string of the molecule is CCCNC(COCC)C1CCCCC1CC. The number of hydrogen-bond donors (Lipinski definition) is 1. The van der Waals surface area contributed by atoms with E-state index in [0.717, 1.165) is 31.6 Å². The molecule has 17 heavy (non-hydrogen) atoms. The highest BCUT2D eigenvalue weighted by atomic mass is 16.5. The molecule has 0 aromatic heterocycles. The molecule has 0 spiro atoms. The summed E-state index contributed by atoms with van der Waals surface area (Å²) in [5.74, 6) is 1.76. The monoisotopic (exact) mass is 241 g/mol. The van der Waals surface area contributed by atoms with E-state index in [0.29, 0.717) is 6.04 Å². The molecule has 2 heteroatoms. The molecule has 0 saturated heterocycles. The summed E-state index contributed by atoms with van der Waals surface area (Å²) < 4.78 is 5.68. The molecule has 1 saturated carbocycles. The molecule has 3 atom stereocenters. The Morgan fingerprint density at radius 2 is 1.94 bits per heavy atom. The predicted molar refractivity (Wildman–Crippen MR) is 74.3 cm³/mol. The molecule has 1 aliphatic carbocycles. The summed E-state index contributed by atoms with van der Waals surface area (Å²) in [6, 6.07) is 0.583. The molecule has 0 bridgehead atoms. The van der Waals surface area contributed by atoms with Gasteiger partial charge in [0.25, 0.3) is 0 Å². The van der Waals surface area contributed by atoms with Crippen LogP contribution in [0.4, 0.5) is 0 Å². The molecular weight excluding hydrogens is 210 g/mol. The van der Waals surface area contributed by atoms with Gasteiger partial charge >= 0.3 is 0 Å². The standard InChI is InChI=1S/C15H31NO/c1-4-11-16-15(12-17-6-3)14-10-8-7-9-13(14)5-2/h13-16H,4-12H2,1-3H3. The summed E-state index contributed by atoms with van der Waals surface area (Å²) in [5.41, 5.74) is 0. The molecule has 0 heterocycles. The third-order valence-electron chi connectivity index (χ3n) is 4.17. The number of hydrogen-bond acceptors (Lipinski definition) is 2. The van der Waals surface area contributed by atoms with Crippen LogP contribution < -0.4 is 5.32 Å². The summed E-state index contributed by atoms with van der Waals surface area (Å²) in [6.07, 6.45) is 8.22. The van der Waals surface area contributed by atoms with Gasteiger partial charge in [-0.2, -0.15) is 0 Å². The molecule has 0 aromatic rings. The fourth-order valence-electron chi connectivity index (χ4n) is 3.18. The van der Waals surface area contributed by atoms with Gasteiger partial charge in [0.2, 0.25) is 0 Å². The second-order valence-electron chi connectivity index (χ2n) is 5.34. The summed E-state index contributed by atoms with van der Waals surface area (Å²) >= 11 is 0. The first-order chi connectivity index (χ1) is 8.33. The first-order valence-corrected chi connectivity index (χ1v) is 7.64. The van der Waals surface area contributed by atoms with Crippen LogP contribution in [0.3, 0.4) is 0 Å². The molecule has 102 valence electrons. The van der Waals surface area contributed by atoms with Crippen LogP contribution in [0.1, 0.15) is 59.3 Å². The molecule has 2 nitrogen and oxygen atoms in total. The van der Waals surface area contributed by atoms with E-state index in [1.807, 2.05) is 0 Å². The van der Waals surface area contributed by atoms with Gasteiger partial charge < -0.3 is 10.1 Å². The second-order valence-corrected chi connectivity index (χ2v) is 5.34. The van der Waals surface area contributed by atoms with E-state index in [1.165, 1.54) is 38.5 Å². The van der Waals surface area contributed by atoms with E-state index in [2.05, 4.69) is 26.1 Å². The molecule has 3 unspecified atom stereocenters. The van der Waals surface area contributed by atoms with Crippen LogP contribution in [0.25, 0.3) is 0 Å². The molecule has 1 N–H and O–H groups in total. The van der Waals surface area contributed by atoms with Crippen molar-refractivity contribution >= 4 is 0 Å². The van der Waals surface area contributed by atoms with Gasteiger partial charge in [0.15, 0.2) is 0 Å². The van der Waals surface area contributed by atoms with E-state index in [1.54, 1.807) is 0 Å². The van der Waals surface area contributed by atoms with Crippen LogP contribution in [0, 0.1) is 11.8 Å². The molecule has 0 amide bonds. The number of ether oxygens (including phenoxy) is 1. The maximum Gasteiger partial charge on any atom is 0.0622 e. The maximum absolute atomic E-state index is 5.68. The van der Waals surface area contributed by atoms with Crippen LogP contribution in [0.5, 0.6) is 0 Å². The van der Waals surface area contributed by atoms with E-state index >= 15 is 0 Å². The third kappa shape index (κ3) is 4.97. The lowest BCUT2D eigenvalue weighted by Gasteiger charge is -2.37. The molecule has 0 aliphatic heterocycles. The third-order valence-corrected chi connectivity index (χ3v) is 4.17. The van der Waals surface area contributed by atoms with Crippen molar-refractivity contribution in [1.82, 2.24) is 5.32 Å². The zero-order chi connectivity index (χ0) is 12.5. The number of nitrogens with one attached hydrogen (secondary N) is 1. The average Bonchev–Trinajstić information content (AvgIpc) is 2.39. The fraction of sp³-hybridized carbons (Fsp3) is 1.00. The smallest absolute Gasteiger partial charge is 0.0622 e. The normalized spacial score (nSPS) is 27.0. The van der Waals surface area contributed by atoms with Crippen LogP contribution >= 0.6 is 0 Å². The highest BCUT2D eigenvalue weighted by Gasteiger charge is 2.30. The van der Waals surface area contributed by atoms with Gasteiger partial charge in [-0.3, -0.25) is 0 Å². The summed E-state index contributed by atoms with van der Waals surface area (Å²) in [7, 11) is 0. The largest absolute Gasteiger partial charge is 0.380 e. The van der Waals surface area contributed by atoms with Gasteiger partial charge in [0.05, 0.1) is 6.61 Å². The van der Waals surface area contributed by atoms with Crippen molar-refractivity contribution in [2.24, 2.45) is 11.8 Å². The lowest BCUT2D eigenvalue weighted by atomic mass is 9.74. The highest BCUT2D eigenvalue weighted by Crippen LogP contribution is 2.34. The van der Waals surface area contributed by atoms with Crippen LogP contribution in [-0.4, -0.2) is 25.8 Å². The predicted octanol–water partition coefficient (Wildman–Crippen LogP) is 3.61. The zero-order valence-corrected chi connectivity index (χ0v) is 12.0. The molecule has 0 radical (unpaired) electrons. The zero-order valence-electron chi connectivity index (χ0n) is 12.0. The van der Waals surface area contributed by atoms with Crippen LogP contribution in [0.2, 0.25) is 0 Å². The van der Waals surface area contributed by atoms with Gasteiger partial charge in [0.1, 0.15) is 0 Å². The average molecular weight is 241 g/mol. The Hall–Kier alpha value is -0.0800. The minimum atomic E-state index is 0.583. The van der Waals surface area contributed by atoms with Crippen molar-refractivity contribution < 1.29 is 4.74 Å². The van der Waals surface area contributed by atoms with Gasteiger partial charge in [0, 0.05) is 12.6 Å². The van der Waals surface area contributed by atoms with Crippen molar-refractivity contribution in [3.05, 3.63) is 0 Å². The second kappa shape index (κ2) is 8.93. The molecule has 1 fully saturated rings. The van der Waals surface area contributed by atoms with Crippen molar-refractivity contribution in [3.63, 3.8) is 0 Å². The molecule has 0 aromatic carbocycles. The van der Waals surface area contributed by atoms with Crippen molar-refractivity contribution in [2.45, 2.75) is 65.3 Å². The van der Waals surface area contributed by atoms with Crippen LogP contribution in [-0.2, 0) is 4.74 Å². The Kier molecular flexibility index (Phi) is 7.87. The molecule has 1 rings (SSSR count). The summed E-state index contributed by atoms with van der Waals surface area (Å²) in [6.45, 7) is 9.55. The van der Waals surface area contributed by atoms with Crippen molar-refractivity contribution in [2.75, 3.05) is 19.8 Å². The quantitative estimate of drug-likeness (QED) is 0.701. The first kappa shape index (κ1) is 15.0. The van der Waals surface area contributed by atoms with E-state index in [9.17, 15) is 0 Å². The lowest BCUT2D eigenvalue weighted by molar-refractivity contribution is 0.0719. The summed E-state index contributed by atoms with van der Waals surface area (Å²) in [4.78, 5) is 0. The Bertz CT molecular complexity index is 176. The molecule has 1 aliphatic rings. The Labute approximate surface area is 108 Å². The van der Waals surface area contributed by atoms with Gasteiger partial charge in [-0.1, -0.05) is 39.5 Å². The first-order valence-electron chi connectivity index (χ1n) is 7.64. The van der Waals surface area contributed by atoms with Crippen LogP contribution in [0.15, 0.2) is 0 Å². The van der Waals surface area contributed by atoms with Crippen molar-refractivity contribution in [3.8, 4) is 0 Å².